The van der Waals surface area contributed by atoms with Gasteiger partial charge in [0.15, 0.2) is 0 Å². The molecule has 0 radical (unpaired) electrons. The lowest BCUT2D eigenvalue weighted by Crippen LogP contribution is -1.89. The van der Waals surface area contributed by atoms with Gasteiger partial charge < -0.3 is 4.98 Å². The zero-order chi connectivity index (χ0) is 13.4. The van der Waals surface area contributed by atoms with E-state index in [9.17, 15) is 0 Å². The van der Waals surface area contributed by atoms with Crippen molar-refractivity contribution in [2.75, 3.05) is 0 Å². The molecule has 2 aromatic carbocycles. The number of halogens is 1. The lowest BCUT2D eigenvalue weighted by molar-refractivity contribution is 0.878. The molecule has 0 atom stereocenters. The van der Waals surface area contributed by atoms with Crippen LogP contribution in [0.1, 0.15) is 25.3 Å². The Bertz CT molecular complexity index is 708. The summed E-state index contributed by atoms with van der Waals surface area (Å²) in [6, 6.07) is 16.5. The summed E-state index contributed by atoms with van der Waals surface area (Å²) in [5, 5.41) is 2.08. The van der Waals surface area contributed by atoms with Crippen molar-refractivity contribution in [3.8, 4) is 11.3 Å². The van der Waals surface area contributed by atoms with Crippen LogP contribution in [-0.2, 0) is 0 Å². The minimum atomic E-state index is 0.474. The minimum absolute atomic E-state index is 0.474. The third-order valence-electron chi connectivity index (χ3n) is 3.46. The Labute approximate surface area is 118 Å². The van der Waals surface area contributed by atoms with E-state index in [2.05, 4.69) is 55.2 Å². The molecular formula is C17H16ClN. The molecule has 0 aliphatic carbocycles. The molecule has 1 aromatic heterocycles. The molecule has 3 aromatic rings. The average Bonchev–Trinajstić information content (AvgIpc) is 2.78. The van der Waals surface area contributed by atoms with Gasteiger partial charge in [-0.1, -0.05) is 55.8 Å². The zero-order valence-electron chi connectivity index (χ0n) is 11.1. The molecule has 0 unspecified atom stereocenters. The van der Waals surface area contributed by atoms with Crippen LogP contribution < -0.4 is 0 Å². The van der Waals surface area contributed by atoms with E-state index in [1.807, 2.05) is 12.1 Å². The standard InChI is InChI=1S/C17H16ClN/c1-11(2)16-14-5-3-4-6-15(14)19-17(16)12-7-9-13(18)10-8-12/h3-11,19H,1-2H3. The first-order valence-corrected chi connectivity index (χ1v) is 6.91. The quantitative estimate of drug-likeness (QED) is 0.622. The van der Waals surface area contributed by atoms with Crippen molar-refractivity contribution in [1.82, 2.24) is 4.98 Å². The van der Waals surface area contributed by atoms with Crippen LogP contribution in [0.3, 0.4) is 0 Å². The molecule has 19 heavy (non-hydrogen) atoms. The van der Waals surface area contributed by atoms with Gasteiger partial charge in [0.25, 0.3) is 0 Å². The first-order valence-electron chi connectivity index (χ1n) is 6.53. The van der Waals surface area contributed by atoms with Gasteiger partial charge in [0, 0.05) is 21.6 Å². The molecule has 0 saturated heterocycles. The van der Waals surface area contributed by atoms with E-state index in [0.29, 0.717) is 5.92 Å². The fraction of sp³-hybridized carbons (Fsp3) is 0.176. The molecule has 1 N–H and O–H groups in total. The predicted octanol–water partition coefficient (Wildman–Crippen LogP) is 5.61. The molecule has 1 nitrogen and oxygen atoms in total. The number of aromatic nitrogens is 1. The Balaban J connectivity index is 2.28. The maximum Gasteiger partial charge on any atom is 0.0500 e. The fourth-order valence-corrected chi connectivity index (χ4v) is 2.73. The van der Waals surface area contributed by atoms with Crippen LogP contribution in [0.15, 0.2) is 48.5 Å². The molecule has 3 rings (SSSR count). The number of aromatic amines is 1. The zero-order valence-corrected chi connectivity index (χ0v) is 11.8. The van der Waals surface area contributed by atoms with Crippen molar-refractivity contribution in [3.63, 3.8) is 0 Å². The van der Waals surface area contributed by atoms with Crippen LogP contribution in [0.25, 0.3) is 22.2 Å². The van der Waals surface area contributed by atoms with Crippen LogP contribution in [0.2, 0.25) is 5.02 Å². The Morgan fingerprint density at radius 3 is 2.32 bits per heavy atom. The van der Waals surface area contributed by atoms with Crippen molar-refractivity contribution in [1.29, 1.82) is 0 Å². The highest BCUT2D eigenvalue weighted by Crippen LogP contribution is 2.35. The average molecular weight is 270 g/mol. The van der Waals surface area contributed by atoms with Crippen LogP contribution >= 0.6 is 11.6 Å². The summed E-state index contributed by atoms with van der Waals surface area (Å²) < 4.78 is 0. The molecule has 2 heteroatoms. The van der Waals surface area contributed by atoms with Gasteiger partial charge in [-0.25, -0.2) is 0 Å². The fourth-order valence-electron chi connectivity index (χ4n) is 2.61. The summed E-state index contributed by atoms with van der Waals surface area (Å²) in [7, 11) is 0. The first-order chi connectivity index (χ1) is 9.16. The van der Waals surface area contributed by atoms with Crippen LogP contribution in [0.5, 0.6) is 0 Å². The van der Waals surface area contributed by atoms with E-state index < -0.39 is 0 Å². The molecule has 0 saturated carbocycles. The first kappa shape index (κ1) is 12.3. The van der Waals surface area contributed by atoms with Gasteiger partial charge in [0.2, 0.25) is 0 Å². The van der Waals surface area contributed by atoms with Gasteiger partial charge >= 0.3 is 0 Å². The van der Waals surface area contributed by atoms with Crippen molar-refractivity contribution >= 4 is 22.5 Å². The van der Waals surface area contributed by atoms with Gasteiger partial charge in [-0.15, -0.1) is 0 Å². The predicted molar refractivity (Wildman–Crippen MR) is 82.8 cm³/mol. The van der Waals surface area contributed by atoms with Crippen molar-refractivity contribution in [2.45, 2.75) is 19.8 Å². The summed E-state index contributed by atoms with van der Waals surface area (Å²) in [6.45, 7) is 4.46. The number of fused-ring (bicyclic) bond motifs is 1. The highest BCUT2D eigenvalue weighted by Gasteiger charge is 2.15. The summed E-state index contributed by atoms with van der Waals surface area (Å²) in [5.74, 6) is 0.474. The van der Waals surface area contributed by atoms with E-state index in [1.165, 1.54) is 27.7 Å². The number of hydrogen-bond donors (Lipinski definition) is 1. The smallest absolute Gasteiger partial charge is 0.0500 e. The maximum absolute atomic E-state index is 5.97. The number of rotatable bonds is 2. The number of H-pyrrole nitrogens is 1. The largest absolute Gasteiger partial charge is 0.354 e. The third-order valence-corrected chi connectivity index (χ3v) is 3.71. The van der Waals surface area contributed by atoms with Gasteiger partial charge in [-0.05, 0) is 35.2 Å². The topological polar surface area (TPSA) is 15.8 Å². The second kappa shape index (κ2) is 4.75. The molecular weight excluding hydrogens is 254 g/mol. The Kier molecular flexibility index (Phi) is 3.08. The number of para-hydroxylation sites is 1. The Morgan fingerprint density at radius 2 is 1.63 bits per heavy atom. The maximum atomic E-state index is 5.97. The normalized spacial score (nSPS) is 11.4. The summed E-state index contributed by atoms with van der Waals surface area (Å²) in [4.78, 5) is 3.54. The number of benzene rings is 2. The highest BCUT2D eigenvalue weighted by atomic mass is 35.5. The Hall–Kier alpha value is -1.73. The molecule has 0 amide bonds. The monoisotopic (exact) mass is 269 g/mol. The molecule has 1 heterocycles. The molecule has 0 fully saturated rings. The van der Waals surface area contributed by atoms with Gasteiger partial charge in [0.1, 0.15) is 0 Å². The lowest BCUT2D eigenvalue weighted by Gasteiger charge is -2.08. The minimum Gasteiger partial charge on any atom is -0.354 e. The number of hydrogen-bond acceptors (Lipinski definition) is 0. The second-order valence-electron chi connectivity index (χ2n) is 5.12. The van der Waals surface area contributed by atoms with Crippen molar-refractivity contribution in [3.05, 3.63) is 59.1 Å². The van der Waals surface area contributed by atoms with Gasteiger partial charge in [-0.2, -0.15) is 0 Å². The van der Waals surface area contributed by atoms with E-state index in [-0.39, 0.29) is 0 Å². The Morgan fingerprint density at radius 1 is 0.947 bits per heavy atom. The molecule has 0 aliphatic rings. The SMILES string of the molecule is CC(C)c1c(-c2ccc(Cl)cc2)[nH]c2ccccc12. The molecule has 0 spiro atoms. The van der Waals surface area contributed by atoms with E-state index in [4.69, 9.17) is 11.6 Å². The summed E-state index contributed by atoms with van der Waals surface area (Å²) in [6.07, 6.45) is 0. The van der Waals surface area contributed by atoms with Gasteiger partial charge in [-0.3, -0.25) is 0 Å². The molecule has 0 aliphatic heterocycles. The van der Waals surface area contributed by atoms with Crippen molar-refractivity contribution < 1.29 is 0 Å². The summed E-state index contributed by atoms with van der Waals surface area (Å²) in [5.41, 5.74) is 4.95. The van der Waals surface area contributed by atoms with E-state index >= 15 is 0 Å². The second-order valence-corrected chi connectivity index (χ2v) is 5.56. The van der Waals surface area contributed by atoms with Crippen LogP contribution in [-0.4, -0.2) is 4.98 Å². The summed E-state index contributed by atoms with van der Waals surface area (Å²) >= 11 is 5.97. The number of nitrogens with one attached hydrogen (secondary N) is 1. The van der Waals surface area contributed by atoms with Crippen molar-refractivity contribution in [2.24, 2.45) is 0 Å². The molecule has 96 valence electrons. The molecule has 0 bridgehead atoms. The third kappa shape index (κ3) is 2.15. The highest BCUT2D eigenvalue weighted by molar-refractivity contribution is 6.30. The van der Waals surface area contributed by atoms with E-state index in [1.54, 1.807) is 0 Å². The van der Waals surface area contributed by atoms with Crippen LogP contribution in [0.4, 0.5) is 0 Å². The van der Waals surface area contributed by atoms with Crippen LogP contribution in [0, 0.1) is 0 Å². The van der Waals surface area contributed by atoms with Gasteiger partial charge in [0.05, 0.1) is 0 Å². The van der Waals surface area contributed by atoms with E-state index in [0.717, 1.165) is 5.02 Å². The lowest BCUT2D eigenvalue weighted by atomic mass is 9.96.